The van der Waals surface area contributed by atoms with E-state index in [0.29, 0.717) is 33.1 Å². The molecule has 0 fully saturated rings. The number of nitrogens with zero attached hydrogens (tertiary/aromatic N) is 1. The lowest BCUT2D eigenvalue weighted by Gasteiger charge is -2.08. The van der Waals surface area contributed by atoms with Gasteiger partial charge in [-0.3, -0.25) is 9.59 Å². The van der Waals surface area contributed by atoms with Gasteiger partial charge in [-0.15, -0.1) is 0 Å². The summed E-state index contributed by atoms with van der Waals surface area (Å²) in [4.78, 5) is 37.7. The lowest BCUT2D eigenvalue weighted by molar-refractivity contribution is 0.0733. The molecule has 0 aliphatic rings. The van der Waals surface area contributed by atoms with Crippen LogP contribution < -0.4 is 15.5 Å². The third-order valence-electron chi connectivity index (χ3n) is 5.25. The predicted molar refractivity (Wildman–Crippen MR) is 143 cm³/mol. The van der Waals surface area contributed by atoms with Crippen LogP contribution >= 0.6 is 11.6 Å². The molecule has 0 spiro atoms. The Hall–Kier alpha value is -4.75. The number of aryl methyl sites for hydroxylation is 1. The van der Waals surface area contributed by atoms with Gasteiger partial charge in [0.1, 0.15) is 5.75 Å². The normalized spacial score (nSPS) is 10.6. The van der Waals surface area contributed by atoms with E-state index < -0.39 is 17.8 Å². The van der Waals surface area contributed by atoms with Crippen LogP contribution in [-0.4, -0.2) is 24.0 Å². The number of ether oxygens (including phenoxy) is 1. The Morgan fingerprint density at radius 2 is 1.54 bits per heavy atom. The van der Waals surface area contributed by atoms with Crippen molar-refractivity contribution in [2.75, 3.05) is 5.32 Å². The molecule has 184 valence electrons. The van der Waals surface area contributed by atoms with Crippen molar-refractivity contribution in [2.45, 2.75) is 6.92 Å². The molecule has 2 N–H and O–H groups in total. The first-order valence-electron chi connectivity index (χ1n) is 11.3. The Morgan fingerprint density at radius 3 is 2.35 bits per heavy atom. The molecule has 2 amide bonds. The lowest BCUT2D eigenvalue weighted by Crippen LogP contribution is -2.18. The van der Waals surface area contributed by atoms with Gasteiger partial charge in [-0.1, -0.05) is 59.6 Å². The number of nitrogens with one attached hydrogen (secondary N) is 2. The van der Waals surface area contributed by atoms with E-state index in [1.807, 2.05) is 13.0 Å². The number of carbonyl (C=O) groups excluding carboxylic acids is 3. The predicted octanol–water partition coefficient (Wildman–Crippen LogP) is 5.88. The van der Waals surface area contributed by atoms with Crippen molar-refractivity contribution < 1.29 is 19.1 Å². The highest BCUT2D eigenvalue weighted by molar-refractivity contribution is 6.34. The van der Waals surface area contributed by atoms with Crippen molar-refractivity contribution in [2.24, 2.45) is 5.10 Å². The third kappa shape index (κ3) is 6.68. The van der Waals surface area contributed by atoms with Gasteiger partial charge >= 0.3 is 5.97 Å². The van der Waals surface area contributed by atoms with Crippen LogP contribution in [0.2, 0.25) is 5.02 Å². The van der Waals surface area contributed by atoms with Gasteiger partial charge in [0, 0.05) is 16.8 Å². The number of hydrogen-bond donors (Lipinski definition) is 2. The molecule has 0 atom stereocenters. The number of rotatable bonds is 7. The minimum absolute atomic E-state index is 0.285. The van der Waals surface area contributed by atoms with Gasteiger partial charge in [0.05, 0.1) is 22.4 Å². The molecule has 7 nitrogen and oxygen atoms in total. The first kappa shape index (κ1) is 25.3. The maximum atomic E-state index is 12.6. The minimum atomic E-state index is -0.496. The molecule has 0 saturated heterocycles. The minimum Gasteiger partial charge on any atom is -0.422 e. The summed E-state index contributed by atoms with van der Waals surface area (Å²) in [6.45, 7) is 1.89. The van der Waals surface area contributed by atoms with E-state index in [4.69, 9.17) is 16.3 Å². The standard InChI is InChI=1S/C29H22ClN3O4/c1-19-8-6-11-21(16-19)29(36)37-26-15-5-2-9-22(26)18-31-33-27(34)20-10-7-12-23(17-20)32-28(35)24-13-3-4-14-25(24)30/h2-18H,1H3,(H,32,35)(H,33,34). The summed E-state index contributed by atoms with van der Waals surface area (Å²) in [6.07, 6.45) is 1.39. The van der Waals surface area contributed by atoms with Crippen LogP contribution in [0.25, 0.3) is 0 Å². The molecule has 0 saturated carbocycles. The van der Waals surface area contributed by atoms with Gasteiger partial charge < -0.3 is 10.1 Å². The lowest BCUT2D eigenvalue weighted by atomic mass is 10.1. The summed E-state index contributed by atoms with van der Waals surface area (Å²) in [5.41, 5.74) is 5.36. The average Bonchev–Trinajstić information content (AvgIpc) is 2.90. The van der Waals surface area contributed by atoms with Gasteiger partial charge in [-0.25, -0.2) is 10.2 Å². The highest BCUT2D eigenvalue weighted by Crippen LogP contribution is 2.19. The molecule has 37 heavy (non-hydrogen) atoms. The highest BCUT2D eigenvalue weighted by Gasteiger charge is 2.13. The Balaban J connectivity index is 1.41. The number of para-hydroxylation sites is 1. The molecule has 8 heteroatoms. The van der Waals surface area contributed by atoms with Gasteiger partial charge in [-0.2, -0.15) is 5.10 Å². The molecule has 4 aromatic rings. The zero-order chi connectivity index (χ0) is 26.2. The van der Waals surface area contributed by atoms with Crippen LogP contribution in [-0.2, 0) is 0 Å². The van der Waals surface area contributed by atoms with Crippen LogP contribution in [0.4, 0.5) is 5.69 Å². The van der Waals surface area contributed by atoms with Gasteiger partial charge in [0.15, 0.2) is 0 Å². The maximum Gasteiger partial charge on any atom is 0.343 e. The summed E-state index contributed by atoms with van der Waals surface area (Å²) in [6, 6.07) is 27.0. The van der Waals surface area contributed by atoms with Crippen molar-refractivity contribution in [1.29, 1.82) is 0 Å². The number of benzene rings is 4. The van der Waals surface area contributed by atoms with Crippen LogP contribution in [0.5, 0.6) is 5.75 Å². The summed E-state index contributed by atoms with van der Waals surface area (Å²) in [7, 11) is 0. The zero-order valence-corrected chi connectivity index (χ0v) is 20.5. The molecule has 4 aromatic carbocycles. The number of hydrazone groups is 1. The fraction of sp³-hybridized carbons (Fsp3) is 0.0345. The quantitative estimate of drug-likeness (QED) is 0.140. The second-order valence-electron chi connectivity index (χ2n) is 8.01. The van der Waals surface area contributed by atoms with E-state index in [-0.39, 0.29) is 5.56 Å². The molecule has 0 unspecified atom stereocenters. The first-order valence-corrected chi connectivity index (χ1v) is 11.7. The SMILES string of the molecule is Cc1cccc(C(=O)Oc2ccccc2C=NNC(=O)c2cccc(NC(=O)c3ccccc3Cl)c2)c1. The maximum absolute atomic E-state index is 12.6. The molecule has 0 aliphatic heterocycles. The highest BCUT2D eigenvalue weighted by atomic mass is 35.5. The van der Waals surface area contributed by atoms with E-state index in [9.17, 15) is 14.4 Å². The van der Waals surface area contributed by atoms with E-state index in [2.05, 4.69) is 15.8 Å². The molecule has 4 rings (SSSR count). The second kappa shape index (κ2) is 11.8. The number of hydrogen-bond acceptors (Lipinski definition) is 5. The number of halogens is 1. The number of carbonyl (C=O) groups is 3. The molecular formula is C29H22ClN3O4. The molecule has 0 heterocycles. The molecule has 0 aromatic heterocycles. The fourth-order valence-corrected chi connectivity index (χ4v) is 3.64. The first-order chi connectivity index (χ1) is 17.9. The van der Waals surface area contributed by atoms with E-state index in [1.54, 1.807) is 84.9 Å². The Bertz CT molecular complexity index is 1500. The van der Waals surface area contributed by atoms with Crippen LogP contribution in [0.3, 0.4) is 0 Å². The topological polar surface area (TPSA) is 96.9 Å². The van der Waals surface area contributed by atoms with Crippen molar-refractivity contribution in [1.82, 2.24) is 5.43 Å². The van der Waals surface area contributed by atoms with E-state index >= 15 is 0 Å². The van der Waals surface area contributed by atoms with E-state index in [1.165, 1.54) is 12.3 Å². The fourth-order valence-electron chi connectivity index (χ4n) is 3.42. The second-order valence-corrected chi connectivity index (χ2v) is 8.42. The van der Waals surface area contributed by atoms with E-state index in [0.717, 1.165) is 5.56 Å². The Labute approximate surface area is 218 Å². The molecule has 0 radical (unpaired) electrons. The summed E-state index contributed by atoms with van der Waals surface area (Å²) in [5, 5.41) is 7.06. The van der Waals surface area contributed by atoms with Gasteiger partial charge in [0.2, 0.25) is 0 Å². The van der Waals surface area contributed by atoms with Gasteiger partial charge in [0.25, 0.3) is 11.8 Å². The Morgan fingerprint density at radius 1 is 0.811 bits per heavy atom. The number of amides is 2. The monoisotopic (exact) mass is 511 g/mol. The third-order valence-corrected chi connectivity index (χ3v) is 5.58. The Kier molecular flexibility index (Phi) is 8.08. The number of anilines is 1. The molecule has 0 aliphatic carbocycles. The zero-order valence-electron chi connectivity index (χ0n) is 19.8. The largest absolute Gasteiger partial charge is 0.422 e. The summed E-state index contributed by atoms with van der Waals surface area (Å²) in [5.74, 6) is -1.07. The van der Waals surface area contributed by atoms with Crippen molar-refractivity contribution in [3.05, 3.63) is 130 Å². The smallest absolute Gasteiger partial charge is 0.343 e. The van der Waals surface area contributed by atoms with Crippen molar-refractivity contribution in [3.63, 3.8) is 0 Å². The summed E-state index contributed by atoms with van der Waals surface area (Å²) >= 11 is 6.08. The van der Waals surface area contributed by atoms with Crippen molar-refractivity contribution in [3.8, 4) is 5.75 Å². The number of esters is 1. The summed E-state index contributed by atoms with van der Waals surface area (Å²) < 4.78 is 5.53. The van der Waals surface area contributed by atoms with Gasteiger partial charge in [-0.05, 0) is 61.5 Å². The average molecular weight is 512 g/mol. The molecule has 0 bridgehead atoms. The van der Waals surface area contributed by atoms with Crippen molar-refractivity contribution >= 4 is 41.3 Å². The van der Waals surface area contributed by atoms with Crippen LogP contribution in [0.15, 0.2) is 102 Å². The molecular weight excluding hydrogens is 490 g/mol. The van der Waals surface area contributed by atoms with Crippen LogP contribution in [0, 0.1) is 6.92 Å². The van der Waals surface area contributed by atoms with Crippen LogP contribution in [0.1, 0.15) is 42.2 Å².